The first-order chi connectivity index (χ1) is 17.1. The largest absolute Gasteiger partial charge is 0.383 e. The average molecular weight is 499 g/mol. The highest BCUT2D eigenvalue weighted by Crippen LogP contribution is 2.25. The van der Waals surface area contributed by atoms with Gasteiger partial charge >= 0.3 is 5.69 Å². The van der Waals surface area contributed by atoms with Gasteiger partial charge in [-0.05, 0) is 30.0 Å². The van der Waals surface area contributed by atoms with E-state index in [4.69, 9.17) is 5.73 Å². The number of aromatic nitrogens is 2. The quantitative estimate of drug-likeness (QED) is 0.286. The maximum atomic E-state index is 13.5. The van der Waals surface area contributed by atoms with Gasteiger partial charge in [0.25, 0.3) is 11.2 Å². The number of rotatable bonds is 10. The number of nitrogens with two attached hydrogens (primary N) is 1. The zero-order valence-corrected chi connectivity index (χ0v) is 19.9. The third-order valence-electron chi connectivity index (χ3n) is 5.46. The molecule has 0 atom stereocenters. The molecule has 0 aliphatic carbocycles. The monoisotopic (exact) mass is 498 g/mol. The van der Waals surface area contributed by atoms with E-state index in [1.807, 2.05) is 19.9 Å². The molecular formula is C24H27FN6O5. The van der Waals surface area contributed by atoms with Crippen molar-refractivity contribution >= 4 is 28.8 Å². The number of nitrogen functional groups attached to an aromatic ring is 1. The van der Waals surface area contributed by atoms with Crippen LogP contribution in [0.5, 0.6) is 0 Å². The lowest BCUT2D eigenvalue weighted by Crippen LogP contribution is -2.42. The molecule has 11 nitrogen and oxygen atoms in total. The van der Waals surface area contributed by atoms with Crippen LogP contribution in [0.25, 0.3) is 0 Å². The summed E-state index contributed by atoms with van der Waals surface area (Å²) in [6, 6.07) is 11.8. The van der Waals surface area contributed by atoms with Crippen molar-refractivity contribution in [2.45, 2.75) is 26.8 Å². The van der Waals surface area contributed by atoms with Crippen LogP contribution in [0.3, 0.4) is 0 Å². The summed E-state index contributed by atoms with van der Waals surface area (Å²) in [6.45, 7) is 3.88. The van der Waals surface area contributed by atoms with Gasteiger partial charge in [-0.15, -0.1) is 0 Å². The molecule has 12 heteroatoms. The molecule has 0 saturated carbocycles. The summed E-state index contributed by atoms with van der Waals surface area (Å²) in [6.07, 6.45) is 0.584. The van der Waals surface area contributed by atoms with Gasteiger partial charge in [0.1, 0.15) is 23.0 Å². The summed E-state index contributed by atoms with van der Waals surface area (Å²) < 4.78 is 14.7. The number of nitro groups is 1. The fourth-order valence-corrected chi connectivity index (χ4v) is 3.61. The summed E-state index contributed by atoms with van der Waals surface area (Å²) in [5, 5.41) is 13.7. The summed E-state index contributed by atoms with van der Waals surface area (Å²) in [5.41, 5.74) is 4.76. The predicted octanol–water partition coefficient (Wildman–Crippen LogP) is 2.71. The first-order valence-corrected chi connectivity index (χ1v) is 11.2. The van der Waals surface area contributed by atoms with E-state index in [0.717, 1.165) is 17.7 Å². The highest BCUT2D eigenvalue weighted by atomic mass is 19.1. The Hall–Kier alpha value is -4.48. The van der Waals surface area contributed by atoms with E-state index in [-0.39, 0.29) is 36.2 Å². The van der Waals surface area contributed by atoms with E-state index in [1.54, 1.807) is 24.3 Å². The molecule has 1 aromatic heterocycles. The van der Waals surface area contributed by atoms with E-state index in [0.29, 0.717) is 12.5 Å². The molecule has 0 aliphatic heterocycles. The molecule has 0 aliphatic rings. The number of H-pyrrole nitrogens is 1. The number of carbonyl (C=O) groups excluding carboxylic acids is 1. The molecule has 0 radical (unpaired) electrons. The van der Waals surface area contributed by atoms with Crippen molar-refractivity contribution in [2.75, 3.05) is 29.0 Å². The van der Waals surface area contributed by atoms with Crippen molar-refractivity contribution in [2.24, 2.45) is 5.92 Å². The maximum absolute atomic E-state index is 13.5. The van der Waals surface area contributed by atoms with Gasteiger partial charge in [-0.2, -0.15) is 0 Å². The van der Waals surface area contributed by atoms with Gasteiger partial charge < -0.3 is 16.0 Å². The molecule has 4 N–H and O–H groups in total. The number of benzene rings is 2. The topological polar surface area (TPSA) is 156 Å². The number of nitrogens with one attached hydrogen (secondary N) is 2. The number of anilines is 3. The van der Waals surface area contributed by atoms with Crippen molar-refractivity contribution in [3.05, 3.63) is 90.9 Å². The molecule has 3 rings (SSSR count). The van der Waals surface area contributed by atoms with E-state index < -0.39 is 40.1 Å². The molecular weight excluding hydrogens is 471 g/mol. The number of hydrogen-bond acceptors (Lipinski definition) is 7. The second-order valence-electron chi connectivity index (χ2n) is 8.64. The third-order valence-corrected chi connectivity index (χ3v) is 5.46. The molecule has 0 saturated heterocycles. The predicted molar refractivity (Wildman–Crippen MR) is 135 cm³/mol. The van der Waals surface area contributed by atoms with Crippen molar-refractivity contribution in [1.29, 1.82) is 0 Å². The summed E-state index contributed by atoms with van der Waals surface area (Å²) in [5.74, 6) is -1.41. The Morgan fingerprint density at radius 1 is 1.22 bits per heavy atom. The van der Waals surface area contributed by atoms with Crippen LogP contribution in [0.1, 0.15) is 25.8 Å². The summed E-state index contributed by atoms with van der Waals surface area (Å²) in [4.78, 5) is 52.4. The van der Waals surface area contributed by atoms with E-state index >= 15 is 0 Å². The Bertz CT molecular complexity index is 1370. The summed E-state index contributed by atoms with van der Waals surface area (Å²) in [7, 11) is 0. The Labute approximate surface area is 205 Å². The second-order valence-corrected chi connectivity index (χ2v) is 8.64. The van der Waals surface area contributed by atoms with Crippen LogP contribution in [0.15, 0.2) is 58.1 Å². The Balaban J connectivity index is 1.96. The van der Waals surface area contributed by atoms with E-state index in [1.165, 1.54) is 9.47 Å². The van der Waals surface area contributed by atoms with Crippen LogP contribution >= 0.6 is 0 Å². The Kier molecular flexibility index (Phi) is 8.20. The standard InChI is InChI=1S/C24H27FN6O5/c1-15(2)10-11-29(14-20(32)27-18-9-8-17(25)12-19(18)31(35)36)21-22(26)30(24(34)28-23(21)33)13-16-6-4-3-5-7-16/h3-9,12,15H,10-11,13-14,26H2,1-2H3,(H,27,32)(H,28,33,34). The molecule has 3 aromatic rings. The molecule has 0 bridgehead atoms. The lowest BCUT2D eigenvalue weighted by Gasteiger charge is -2.26. The number of aromatic amines is 1. The minimum absolute atomic E-state index is 0.0602. The highest BCUT2D eigenvalue weighted by Gasteiger charge is 2.23. The number of halogens is 1. The fourth-order valence-electron chi connectivity index (χ4n) is 3.61. The van der Waals surface area contributed by atoms with Crippen molar-refractivity contribution in [1.82, 2.24) is 9.55 Å². The lowest BCUT2D eigenvalue weighted by atomic mass is 10.1. The van der Waals surface area contributed by atoms with Crippen molar-refractivity contribution in [3.8, 4) is 0 Å². The average Bonchev–Trinajstić information content (AvgIpc) is 2.81. The highest BCUT2D eigenvalue weighted by molar-refractivity contribution is 5.96. The van der Waals surface area contributed by atoms with Gasteiger partial charge in [0.15, 0.2) is 0 Å². The number of carbonyl (C=O) groups is 1. The molecule has 2 aromatic carbocycles. The molecule has 36 heavy (non-hydrogen) atoms. The Morgan fingerprint density at radius 2 is 1.92 bits per heavy atom. The molecule has 1 heterocycles. The van der Waals surface area contributed by atoms with Crippen LogP contribution in [0, 0.1) is 21.8 Å². The van der Waals surface area contributed by atoms with Crippen LogP contribution in [-0.4, -0.2) is 33.5 Å². The number of hydrogen-bond donors (Lipinski definition) is 3. The lowest BCUT2D eigenvalue weighted by molar-refractivity contribution is -0.384. The van der Waals surface area contributed by atoms with E-state index in [2.05, 4.69) is 10.3 Å². The minimum atomic E-state index is -0.821. The first-order valence-electron chi connectivity index (χ1n) is 11.2. The van der Waals surface area contributed by atoms with Gasteiger partial charge in [-0.25, -0.2) is 9.18 Å². The van der Waals surface area contributed by atoms with Crippen LogP contribution < -0.4 is 27.2 Å². The summed E-state index contributed by atoms with van der Waals surface area (Å²) >= 11 is 0. The van der Waals surface area contributed by atoms with Crippen LogP contribution in [-0.2, 0) is 11.3 Å². The molecule has 1 amide bonds. The normalized spacial score (nSPS) is 10.9. The minimum Gasteiger partial charge on any atom is -0.383 e. The molecule has 0 spiro atoms. The van der Waals surface area contributed by atoms with Gasteiger partial charge in [0.2, 0.25) is 5.91 Å². The maximum Gasteiger partial charge on any atom is 0.330 e. The fraction of sp³-hybridized carbons (Fsp3) is 0.292. The molecule has 190 valence electrons. The van der Waals surface area contributed by atoms with Gasteiger partial charge in [0, 0.05) is 6.54 Å². The van der Waals surface area contributed by atoms with Gasteiger partial charge in [-0.1, -0.05) is 44.2 Å². The van der Waals surface area contributed by atoms with Crippen molar-refractivity contribution in [3.63, 3.8) is 0 Å². The van der Waals surface area contributed by atoms with Crippen LogP contribution in [0.4, 0.5) is 27.3 Å². The zero-order chi connectivity index (χ0) is 26.4. The van der Waals surface area contributed by atoms with Crippen molar-refractivity contribution < 1.29 is 14.1 Å². The van der Waals surface area contributed by atoms with Gasteiger partial charge in [0.05, 0.1) is 24.1 Å². The molecule has 0 unspecified atom stereocenters. The smallest absolute Gasteiger partial charge is 0.330 e. The van der Waals surface area contributed by atoms with Gasteiger partial charge in [-0.3, -0.25) is 29.3 Å². The SMILES string of the molecule is CC(C)CCN(CC(=O)Nc1ccc(F)cc1[N+](=O)[O-])c1c(N)n(Cc2ccccc2)c(=O)[nH]c1=O. The Morgan fingerprint density at radius 3 is 2.56 bits per heavy atom. The third kappa shape index (κ3) is 6.34. The number of nitro benzene ring substituents is 1. The second kappa shape index (κ2) is 11.3. The molecule has 0 fully saturated rings. The van der Waals surface area contributed by atoms with E-state index in [9.17, 15) is 28.9 Å². The number of amides is 1. The number of nitrogens with zero attached hydrogens (tertiary/aromatic N) is 3. The first kappa shape index (κ1) is 26.1. The zero-order valence-electron chi connectivity index (χ0n) is 19.9. The van der Waals surface area contributed by atoms with Crippen LogP contribution in [0.2, 0.25) is 0 Å².